The van der Waals surface area contributed by atoms with Crippen molar-refractivity contribution in [2.75, 3.05) is 43.8 Å². The van der Waals surface area contributed by atoms with Crippen LogP contribution in [0.2, 0.25) is 0 Å². The van der Waals surface area contributed by atoms with Crippen LogP contribution in [0.5, 0.6) is 0 Å². The summed E-state index contributed by atoms with van der Waals surface area (Å²) in [7, 11) is 0. The Morgan fingerprint density at radius 1 is 1.05 bits per heavy atom. The maximum absolute atomic E-state index is 13.9. The third-order valence-corrected chi connectivity index (χ3v) is 6.66. The molecule has 11 heteroatoms. The molecule has 0 saturated carbocycles. The van der Waals surface area contributed by atoms with Gasteiger partial charge in [-0.15, -0.1) is 0 Å². The van der Waals surface area contributed by atoms with Gasteiger partial charge in [0.25, 0.3) is 5.91 Å². The van der Waals surface area contributed by atoms with Crippen LogP contribution in [0.15, 0.2) is 48.8 Å². The molecule has 4 N–H and O–H groups in total. The number of alkyl halides is 3. The molecule has 0 bridgehead atoms. The van der Waals surface area contributed by atoms with E-state index < -0.39 is 17.6 Å². The number of rotatable bonds is 6. The van der Waals surface area contributed by atoms with E-state index in [2.05, 4.69) is 38.9 Å². The van der Waals surface area contributed by atoms with Crippen LogP contribution in [0.3, 0.4) is 0 Å². The molecule has 1 amide bonds. The zero-order chi connectivity index (χ0) is 28.9. The van der Waals surface area contributed by atoms with Crippen LogP contribution in [-0.4, -0.2) is 64.1 Å². The number of hydrogen-bond acceptors (Lipinski definition) is 7. The molecule has 1 aliphatic rings. The van der Waals surface area contributed by atoms with Gasteiger partial charge in [0.05, 0.1) is 5.56 Å². The fraction of sp³-hybridized carbons (Fsp3) is 0.310. The first-order valence-corrected chi connectivity index (χ1v) is 12.8. The average molecular weight is 550 g/mol. The summed E-state index contributed by atoms with van der Waals surface area (Å²) in [4.78, 5) is 25.3. The Morgan fingerprint density at radius 3 is 2.42 bits per heavy atom. The van der Waals surface area contributed by atoms with Crippen molar-refractivity contribution < 1.29 is 18.0 Å². The molecule has 1 fully saturated rings. The lowest BCUT2D eigenvalue weighted by Crippen LogP contribution is -2.45. The van der Waals surface area contributed by atoms with Gasteiger partial charge in [-0.2, -0.15) is 13.2 Å². The van der Waals surface area contributed by atoms with Gasteiger partial charge in [-0.1, -0.05) is 24.8 Å². The molecule has 0 unspecified atom stereocenters. The summed E-state index contributed by atoms with van der Waals surface area (Å²) in [5.74, 6) is 5.54. The van der Waals surface area contributed by atoms with Crippen molar-refractivity contribution in [2.24, 2.45) is 0 Å². The van der Waals surface area contributed by atoms with E-state index in [4.69, 9.17) is 11.1 Å². The molecule has 0 atom stereocenters. The summed E-state index contributed by atoms with van der Waals surface area (Å²) in [6, 6.07) is 8.50. The molecule has 1 aromatic carbocycles. The summed E-state index contributed by atoms with van der Waals surface area (Å²) in [5.41, 5.74) is 6.81. The predicted octanol–water partition coefficient (Wildman–Crippen LogP) is 4.25. The second-order valence-corrected chi connectivity index (χ2v) is 9.50. The summed E-state index contributed by atoms with van der Waals surface area (Å²) >= 11 is 0. The summed E-state index contributed by atoms with van der Waals surface area (Å²) in [6.45, 7) is 7.76. The van der Waals surface area contributed by atoms with Crippen LogP contribution >= 0.6 is 0 Å². The third-order valence-electron chi connectivity index (χ3n) is 6.66. The number of nitrogens with two attached hydrogens (primary N) is 1. The standard InChI is InChI=1S/C29H30F3N7O/c1-3-38-10-12-39(13-11-38)18-23-7-6-22(16-25(23)29(30,31)32)28(40)37-26-15-20(8-9-35-26)4-5-21-14-24(19(2)33)27(34)36-17-21/h6-9,14-17,33H,3,10-13,18H2,1-2H3,(H2,34,36)(H,35,37,40). The summed E-state index contributed by atoms with van der Waals surface area (Å²) < 4.78 is 41.8. The summed E-state index contributed by atoms with van der Waals surface area (Å²) in [6.07, 6.45) is -1.67. The second kappa shape index (κ2) is 12.3. The molecule has 3 aromatic rings. The molecule has 0 aliphatic carbocycles. The van der Waals surface area contributed by atoms with Gasteiger partial charge >= 0.3 is 6.18 Å². The zero-order valence-corrected chi connectivity index (χ0v) is 22.3. The number of likely N-dealkylation sites (N-methyl/N-ethyl adjacent to an activating group) is 1. The molecule has 40 heavy (non-hydrogen) atoms. The van der Waals surface area contributed by atoms with Crippen molar-refractivity contribution in [3.05, 3.63) is 82.2 Å². The van der Waals surface area contributed by atoms with Gasteiger partial charge < -0.3 is 21.4 Å². The number of carbonyl (C=O) groups is 1. The predicted molar refractivity (Wildman–Crippen MR) is 148 cm³/mol. The van der Waals surface area contributed by atoms with Crippen molar-refractivity contribution in [3.8, 4) is 11.8 Å². The van der Waals surface area contributed by atoms with E-state index in [0.29, 0.717) is 29.8 Å². The number of amides is 1. The van der Waals surface area contributed by atoms with E-state index in [1.54, 1.807) is 19.1 Å². The lowest BCUT2D eigenvalue weighted by atomic mass is 10.0. The highest BCUT2D eigenvalue weighted by molar-refractivity contribution is 6.04. The highest BCUT2D eigenvalue weighted by Gasteiger charge is 2.34. The number of benzene rings is 1. The van der Waals surface area contributed by atoms with E-state index in [0.717, 1.165) is 25.7 Å². The fourth-order valence-electron chi connectivity index (χ4n) is 4.38. The minimum Gasteiger partial charge on any atom is -0.383 e. The molecule has 3 heterocycles. The number of piperazine rings is 1. The van der Waals surface area contributed by atoms with Crippen LogP contribution in [0.1, 0.15) is 52.0 Å². The number of carbonyl (C=O) groups excluding carboxylic acids is 1. The number of nitrogen functional groups attached to an aromatic ring is 1. The Morgan fingerprint density at radius 2 is 1.75 bits per heavy atom. The van der Waals surface area contributed by atoms with Gasteiger partial charge in [0.2, 0.25) is 0 Å². The number of anilines is 2. The van der Waals surface area contributed by atoms with E-state index in [1.165, 1.54) is 30.6 Å². The molecule has 4 rings (SSSR count). The van der Waals surface area contributed by atoms with E-state index in [9.17, 15) is 18.0 Å². The lowest BCUT2D eigenvalue weighted by Gasteiger charge is -2.34. The Bertz CT molecular complexity index is 1470. The molecule has 208 valence electrons. The van der Waals surface area contributed by atoms with Gasteiger partial charge in [-0.3, -0.25) is 9.69 Å². The number of nitrogens with zero attached hydrogens (tertiary/aromatic N) is 4. The van der Waals surface area contributed by atoms with Crippen molar-refractivity contribution in [3.63, 3.8) is 0 Å². The second-order valence-electron chi connectivity index (χ2n) is 9.50. The number of halogens is 3. The SMILES string of the molecule is CCN1CCN(Cc2ccc(C(=O)Nc3cc(C#Cc4cnc(N)c(C(C)=N)c4)ccn3)cc2C(F)(F)F)CC1. The first kappa shape index (κ1) is 28.7. The van der Waals surface area contributed by atoms with E-state index >= 15 is 0 Å². The minimum atomic E-state index is -4.60. The van der Waals surface area contributed by atoms with Crippen LogP contribution in [0.4, 0.5) is 24.8 Å². The van der Waals surface area contributed by atoms with Gasteiger partial charge in [0, 0.05) is 73.1 Å². The third kappa shape index (κ3) is 7.22. The Kier molecular flexibility index (Phi) is 8.82. The lowest BCUT2D eigenvalue weighted by molar-refractivity contribution is -0.138. The first-order chi connectivity index (χ1) is 19.0. The average Bonchev–Trinajstić information content (AvgIpc) is 2.92. The minimum absolute atomic E-state index is 0.118. The van der Waals surface area contributed by atoms with Gasteiger partial charge in [0.1, 0.15) is 11.6 Å². The molecule has 8 nitrogen and oxygen atoms in total. The molecular weight excluding hydrogens is 519 g/mol. The van der Waals surface area contributed by atoms with Crippen LogP contribution < -0.4 is 11.1 Å². The Hall–Kier alpha value is -4.27. The zero-order valence-electron chi connectivity index (χ0n) is 22.3. The van der Waals surface area contributed by atoms with Gasteiger partial charge in [-0.05, 0) is 49.4 Å². The quantitative estimate of drug-likeness (QED) is 0.313. The molecule has 1 aliphatic heterocycles. The van der Waals surface area contributed by atoms with Gasteiger partial charge in [-0.25, -0.2) is 9.97 Å². The fourth-order valence-corrected chi connectivity index (χ4v) is 4.38. The summed E-state index contributed by atoms with van der Waals surface area (Å²) in [5, 5.41) is 10.3. The monoisotopic (exact) mass is 549 g/mol. The van der Waals surface area contributed by atoms with Gasteiger partial charge in [0.15, 0.2) is 0 Å². The van der Waals surface area contributed by atoms with Crippen LogP contribution in [0, 0.1) is 17.3 Å². The van der Waals surface area contributed by atoms with Crippen molar-refractivity contribution in [2.45, 2.75) is 26.6 Å². The van der Waals surface area contributed by atoms with E-state index in [1.807, 2.05) is 4.90 Å². The highest BCUT2D eigenvalue weighted by atomic mass is 19.4. The van der Waals surface area contributed by atoms with Crippen molar-refractivity contribution >= 4 is 23.3 Å². The first-order valence-electron chi connectivity index (χ1n) is 12.8. The largest absolute Gasteiger partial charge is 0.416 e. The number of hydrogen-bond donors (Lipinski definition) is 3. The molecule has 0 spiro atoms. The molecule has 2 aromatic heterocycles. The molecule has 0 radical (unpaired) electrons. The maximum Gasteiger partial charge on any atom is 0.416 e. The normalized spacial score (nSPS) is 14.3. The Balaban J connectivity index is 1.49. The molecular formula is C29H30F3N7O. The topological polar surface area (TPSA) is 111 Å². The van der Waals surface area contributed by atoms with Crippen LogP contribution in [-0.2, 0) is 12.7 Å². The van der Waals surface area contributed by atoms with Crippen molar-refractivity contribution in [1.82, 2.24) is 19.8 Å². The Labute approximate surface area is 230 Å². The van der Waals surface area contributed by atoms with Crippen LogP contribution in [0.25, 0.3) is 0 Å². The number of pyridine rings is 2. The smallest absolute Gasteiger partial charge is 0.383 e. The number of nitrogens with one attached hydrogen (secondary N) is 2. The number of aromatic nitrogens is 2. The highest BCUT2D eigenvalue weighted by Crippen LogP contribution is 2.33. The molecule has 1 saturated heterocycles. The van der Waals surface area contributed by atoms with E-state index in [-0.39, 0.29) is 35.0 Å². The maximum atomic E-state index is 13.9. The van der Waals surface area contributed by atoms with Crippen molar-refractivity contribution in [1.29, 1.82) is 5.41 Å².